The van der Waals surface area contributed by atoms with E-state index in [4.69, 9.17) is 4.74 Å². The highest BCUT2D eigenvalue weighted by Crippen LogP contribution is 2.24. The number of nitro groups is 1. The smallest absolute Gasteiger partial charge is 0.270 e. The minimum Gasteiger partial charge on any atom is -0.497 e. The molecule has 0 radical (unpaired) electrons. The molecule has 0 bridgehead atoms. The third-order valence-corrected chi connectivity index (χ3v) is 3.50. The zero-order valence-electron chi connectivity index (χ0n) is 13.8. The van der Waals surface area contributed by atoms with Crippen molar-refractivity contribution in [3.63, 3.8) is 0 Å². The third-order valence-electron chi connectivity index (χ3n) is 3.50. The Labute approximate surface area is 140 Å². The summed E-state index contributed by atoms with van der Waals surface area (Å²) in [6.07, 6.45) is 0. The zero-order valence-corrected chi connectivity index (χ0v) is 13.8. The highest BCUT2D eigenvalue weighted by molar-refractivity contribution is 6.00. The predicted octanol–water partition coefficient (Wildman–Crippen LogP) is 2.60. The van der Waals surface area contributed by atoms with E-state index in [1.807, 2.05) is 24.3 Å². The number of nitro benzene ring substituents is 1. The van der Waals surface area contributed by atoms with Crippen molar-refractivity contribution in [3.05, 3.63) is 63.7 Å². The van der Waals surface area contributed by atoms with Gasteiger partial charge in [-0.1, -0.05) is 12.1 Å². The lowest BCUT2D eigenvalue weighted by molar-refractivity contribution is -0.384. The minimum absolute atomic E-state index is 0.118. The molecule has 0 aliphatic rings. The van der Waals surface area contributed by atoms with Gasteiger partial charge in [0.2, 0.25) is 0 Å². The van der Waals surface area contributed by atoms with Crippen LogP contribution in [-0.2, 0) is 6.54 Å². The van der Waals surface area contributed by atoms with E-state index in [1.165, 1.54) is 12.1 Å². The summed E-state index contributed by atoms with van der Waals surface area (Å²) in [5.41, 5.74) is 1.63. The lowest BCUT2D eigenvalue weighted by Crippen LogP contribution is -2.25. The number of amides is 1. The summed E-state index contributed by atoms with van der Waals surface area (Å²) >= 11 is 0. The van der Waals surface area contributed by atoms with Gasteiger partial charge in [0, 0.05) is 38.5 Å². The highest BCUT2D eigenvalue weighted by Gasteiger charge is 2.17. The van der Waals surface area contributed by atoms with Gasteiger partial charge in [-0.05, 0) is 23.8 Å². The number of hydrogen-bond acceptors (Lipinski definition) is 5. The molecule has 0 saturated heterocycles. The molecule has 2 rings (SSSR count). The lowest BCUT2D eigenvalue weighted by Gasteiger charge is -2.17. The van der Waals surface area contributed by atoms with E-state index in [0.717, 1.165) is 5.56 Å². The average molecular weight is 329 g/mol. The van der Waals surface area contributed by atoms with E-state index in [-0.39, 0.29) is 17.2 Å². The number of carbonyl (C=O) groups is 1. The molecule has 2 aromatic carbocycles. The number of anilines is 1. The molecular weight excluding hydrogens is 310 g/mol. The van der Waals surface area contributed by atoms with E-state index >= 15 is 0 Å². The van der Waals surface area contributed by atoms with E-state index in [1.54, 1.807) is 32.2 Å². The van der Waals surface area contributed by atoms with E-state index in [0.29, 0.717) is 18.0 Å². The summed E-state index contributed by atoms with van der Waals surface area (Å²) in [4.78, 5) is 24.7. The number of hydrogen-bond donors (Lipinski definition) is 1. The number of carbonyl (C=O) groups excluding carboxylic acids is 1. The maximum atomic E-state index is 12.5. The lowest BCUT2D eigenvalue weighted by atomic mass is 10.1. The Balaban J connectivity index is 2.21. The Morgan fingerprint density at radius 3 is 2.62 bits per heavy atom. The first kappa shape index (κ1) is 17.3. The quantitative estimate of drug-likeness (QED) is 0.650. The summed E-state index contributed by atoms with van der Waals surface area (Å²) < 4.78 is 5.14. The fraction of sp³-hybridized carbons (Fsp3) is 0.235. The van der Waals surface area contributed by atoms with Gasteiger partial charge in [0.05, 0.1) is 17.6 Å². The van der Waals surface area contributed by atoms with Gasteiger partial charge in [-0.3, -0.25) is 14.9 Å². The van der Waals surface area contributed by atoms with Crippen LogP contribution in [0.2, 0.25) is 0 Å². The molecule has 0 aliphatic carbocycles. The first-order valence-electron chi connectivity index (χ1n) is 7.29. The van der Waals surface area contributed by atoms with Crippen molar-refractivity contribution in [3.8, 4) is 5.75 Å². The molecule has 7 nitrogen and oxygen atoms in total. The number of ether oxygens (including phenoxy) is 1. The van der Waals surface area contributed by atoms with Crippen molar-refractivity contribution in [2.45, 2.75) is 6.54 Å². The molecule has 0 unspecified atom stereocenters. The predicted molar refractivity (Wildman–Crippen MR) is 91.6 cm³/mol. The van der Waals surface area contributed by atoms with Gasteiger partial charge in [0.25, 0.3) is 11.6 Å². The number of methoxy groups -OCH3 is 1. The van der Waals surface area contributed by atoms with Crippen LogP contribution in [0.15, 0.2) is 42.5 Å². The van der Waals surface area contributed by atoms with E-state index in [9.17, 15) is 14.9 Å². The molecule has 0 spiro atoms. The van der Waals surface area contributed by atoms with Gasteiger partial charge in [0.15, 0.2) is 0 Å². The topological polar surface area (TPSA) is 84.7 Å². The van der Waals surface area contributed by atoms with Gasteiger partial charge in [-0.15, -0.1) is 0 Å². The van der Waals surface area contributed by atoms with Gasteiger partial charge in [0.1, 0.15) is 5.75 Å². The second-order valence-electron chi connectivity index (χ2n) is 5.39. The summed E-state index contributed by atoms with van der Waals surface area (Å²) in [6, 6.07) is 11.6. The number of rotatable bonds is 6. The van der Waals surface area contributed by atoms with Crippen LogP contribution < -0.4 is 15.0 Å². The summed E-state index contributed by atoms with van der Waals surface area (Å²) in [5.74, 6) is 0.330. The van der Waals surface area contributed by atoms with E-state index in [2.05, 4.69) is 5.32 Å². The van der Waals surface area contributed by atoms with Crippen molar-refractivity contribution < 1.29 is 14.5 Å². The van der Waals surface area contributed by atoms with Gasteiger partial charge in [-0.25, -0.2) is 0 Å². The SMILES string of the molecule is COc1cccc(CNC(=O)c2cc([N+](=O)[O-])ccc2N(C)C)c1. The largest absolute Gasteiger partial charge is 0.497 e. The monoisotopic (exact) mass is 329 g/mol. The second-order valence-corrected chi connectivity index (χ2v) is 5.39. The van der Waals surface area contributed by atoms with Crippen LogP contribution in [0.25, 0.3) is 0 Å². The molecule has 0 atom stereocenters. The number of benzene rings is 2. The van der Waals surface area contributed by atoms with Gasteiger partial charge >= 0.3 is 0 Å². The molecule has 2 aromatic rings. The van der Waals surface area contributed by atoms with Crippen LogP contribution in [0.4, 0.5) is 11.4 Å². The van der Waals surface area contributed by atoms with Crippen LogP contribution in [0.3, 0.4) is 0 Å². The standard InChI is InChI=1S/C17H19N3O4/c1-19(2)16-8-7-13(20(22)23)10-15(16)17(21)18-11-12-5-4-6-14(9-12)24-3/h4-10H,11H2,1-3H3,(H,18,21). The molecule has 1 amide bonds. The summed E-state index contributed by atoms with van der Waals surface area (Å²) in [7, 11) is 5.13. The van der Waals surface area contributed by atoms with Crippen molar-refractivity contribution in [2.24, 2.45) is 0 Å². The van der Waals surface area contributed by atoms with Crippen molar-refractivity contribution in [2.75, 3.05) is 26.1 Å². The molecule has 24 heavy (non-hydrogen) atoms. The van der Waals surface area contributed by atoms with Crippen molar-refractivity contribution in [1.82, 2.24) is 5.32 Å². The second kappa shape index (κ2) is 7.45. The maximum absolute atomic E-state index is 12.5. The Bertz CT molecular complexity index is 759. The molecule has 0 aliphatic heterocycles. The van der Waals surface area contributed by atoms with Gasteiger partial charge in [-0.2, -0.15) is 0 Å². The molecule has 0 saturated carbocycles. The van der Waals surface area contributed by atoms with Crippen molar-refractivity contribution in [1.29, 1.82) is 0 Å². The highest BCUT2D eigenvalue weighted by atomic mass is 16.6. The van der Waals surface area contributed by atoms with E-state index < -0.39 is 4.92 Å². The van der Waals surface area contributed by atoms with Crippen LogP contribution >= 0.6 is 0 Å². The Morgan fingerprint density at radius 2 is 2.00 bits per heavy atom. The van der Waals surface area contributed by atoms with Gasteiger partial charge < -0.3 is 15.0 Å². The first-order valence-corrected chi connectivity index (χ1v) is 7.29. The van der Waals surface area contributed by atoms with Crippen LogP contribution in [0.1, 0.15) is 15.9 Å². The van der Waals surface area contributed by atoms with Crippen LogP contribution in [0, 0.1) is 10.1 Å². The Kier molecular flexibility index (Phi) is 5.36. The van der Waals surface area contributed by atoms with Crippen molar-refractivity contribution >= 4 is 17.3 Å². The molecule has 126 valence electrons. The number of nitrogens with one attached hydrogen (secondary N) is 1. The third kappa shape index (κ3) is 4.01. The number of nitrogens with zero attached hydrogens (tertiary/aromatic N) is 2. The normalized spacial score (nSPS) is 10.1. The summed E-state index contributed by atoms with van der Waals surface area (Å²) in [5, 5.41) is 13.7. The van der Waals surface area contributed by atoms with Crippen LogP contribution in [0.5, 0.6) is 5.75 Å². The fourth-order valence-corrected chi connectivity index (χ4v) is 2.27. The first-order chi connectivity index (χ1) is 11.4. The zero-order chi connectivity index (χ0) is 17.7. The number of non-ortho nitro benzene ring substituents is 1. The molecule has 1 N–H and O–H groups in total. The summed E-state index contributed by atoms with van der Waals surface area (Å²) in [6.45, 7) is 0.297. The minimum atomic E-state index is -0.516. The molecule has 0 aromatic heterocycles. The fourth-order valence-electron chi connectivity index (χ4n) is 2.27. The average Bonchev–Trinajstić information content (AvgIpc) is 2.59. The molecule has 0 heterocycles. The Hall–Kier alpha value is -3.09. The molecule has 7 heteroatoms. The molecular formula is C17H19N3O4. The maximum Gasteiger partial charge on any atom is 0.270 e. The Morgan fingerprint density at radius 1 is 1.25 bits per heavy atom. The molecule has 0 fully saturated rings. The van der Waals surface area contributed by atoms with Crippen LogP contribution in [-0.4, -0.2) is 32.0 Å².